The molecule has 7 heteroatoms. The Morgan fingerprint density at radius 2 is 1.77 bits per heavy atom. The fourth-order valence-corrected chi connectivity index (χ4v) is 2.76. The van der Waals surface area contributed by atoms with Crippen LogP contribution in [0.25, 0.3) is 6.08 Å². The third-order valence-corrected chi connectivity index (χ3v) is 4.44. The van der Waals surface area contributed by atoms with Crippen molar-refractivity contribution in [3.05, 3.63) is 99.8 Å². The van der Waals surface area contributed by atoms with Crippen LogP contribution in [0.15, 0.2) is 82.8 Å². The second-order valence-electron chi connectivity index (χ2n) is 6.10. The fraction of sp³-hybridized carbons (Fsp3) is 0. The second-order valence-corrected chi connectivity index (χ2v) is 7.02. The largest absolute Gasteiger partial charge is 0.423 e. The Morgan fingerprint density at radius 1 is 1.03 bits per heavy atom. The zero-order valence-electron chi connectivity index (χ0n) is 15.4. The van der Waals surface area contributed by atoms with Crippen molar-refractivity contribution in [3.63, 3.8) is 0 Å². The average Bonchev–Trinajstić information content (AvgIpc) is 2.74. The number of carbonyl (C=O) groups is 2. The van der Waals surface area contributed by atoms with E-state index in [4.69, 9.17) is 4.74 Å². The van der Waals surface area contributed by atoms with Gasteiger partial charge in [0.2, 0.25) is 0 Å². The van der Waals surface area contributed by atoms with Gasteiger partial charge in [0.1, 0.15) is 23.2 Å². The van der Waals surface area contributed by atoms with Crippen LogP contribution in [0.3, 0.4) is 0 Å². The first-order valence-electron chi connectivity index (χ1n) is 8.71. The van der Waals surface area contributed by atoms with Crippen LogP contribution < -0.4 is 10.1 Å². The number of hydrogen-bond donors (Lipinski definition) is 1. The van der Waals surface area contributed by atoms with Gasteiger partial charge in [0.15, 0.2) is 0 Å². The van der Waals surface area contributed by atoms with Gasteiger partial charge in [-0.1, -0.05) is 34.1 Å². The van der Waals surface area contributed by atoms with E-state index in [1.807, 2.05) is 6.07 Å². The summed E-state index contributed by atoms with van der Waals surface area (Å²) in [6.07, 6.45) is 1.38. The number of benzene rings is 3. The summed E-state index contributed by atoms with van der Waals surface area (Å²) in [5.74, 6) is -1.63. The van der Waals surface area contributed by atoms with Crippen LogP contribution in [0.4, 0.5) is 10.1 Å². The van der Waals surface area contributed by atoms with E-state index < -0.39 is 17.7 Å². The minimum Gasteiger partial charge on any atom is -0.423 e. The van der Waals surface area contributed by atoms with E-state index in [1.54, 1.807) is 42.5 Å². The van der Waals surface area contributed by atoms with Crippen LogP contribution in [-0.2, 0) is 4.79 Å². The van der Waals surface area contributed by atoms with Crippen molar-refractivity contribution in [1.29, 1.82) is 5.26 Å². The molecule has 0 aliphatic heterocycles. The minimum atomic E-state index is -0.718. The molecule has 0 fully saturated rings. The predicted molar refractivity (Wildman–Crippen MR) is 114 cm³/mol. The van der Waals surface area contributed by atoms with Crippen LogP contribution in [0, 0.1) is 17.1 Å². The lowest BCUT2D eigenvalue weighted by Crippen LogP contribution is -2.13. The topological polar surface area (TPSA) is 79.2 Å². The Balaban J connectivity index is 1.75. The van der Waals surface area contributed by atoms with Crippen molar-refractivity contribution >= 4 is 39.6 Å². The molecular formula is C23H14BrFN2O3. The lowest BCUT2D eigenvalue weighted by Gasteiger charge is -2.06. The van der Waals surface area contributed by atoms with Crippen LogP contribution in [0.1, 0.15) is 15.9 Å². The van der Waals surface area contributed by atoms with E-state index in [9.17, 15) is 19.2 Å². The molecule has 3 aromatic rings. The quantitative estimate of drug-likeness (QED) is 0.238. The van der Waals surface area contributed by atoms with Crippen molar-refractivity contribution < 1.29 is 18.7 Å². The number of esters is 1. The molecule has 0 atom stereocenters. The summed E-state index contributed by atoms with van der Waals surface area (Å²) < 4.78 is 19.4. The van der Waals surface area contributed by atoms with Gasteiger partial charge in [-0.25, -0.2) is 9.18 Å². The van der Waals surface area contributed by atoms with Gasteiger partial charge >= 0.3 is 5.97 Å². The normalized spacial score (nSPS) is 10.8. The van der Waals surface area contributed by atoms with Crippen LogP contribution in [0.2, 0.25) is 0 Å². The highest BCUT2D eigenvalue weighted by molar-refractivity contribution is 9.10. The summed E-state index contributed by atoms with van der Waals surface area (Å²) in [5, 5.41) is 12.0. The van der Waals surface area contributed by atoms with Crippen molar-refractivity contribution in [2.75, 3.05) is 5.32 Å². The Kier molecular flexibility index (Phi) is 6.73. The number of halogens is 2. The summed E-state index contributed by atoms with van der Waals surface area (Å²) in [5.41, 5.74) is 0.984. The van der Waals surface area contributed by atoms with Gasteiger partial charge in [-0.3, -0.25) is 4.79 Å². The summed E-state index contributed by atoms with van der Waals surface area (Å²) >= 11 is 3.31. The van der Waals surface area contributed by atoms with Crippen LogP contribution in [-0.4, -0.2) is 11.9 Å². The van der Waals surface area contributed by atoms with E-state index in [0.717, 1.165) is 10.5 Å². The van der Waals surface area contributed by atoms with E-state index >= 15 is 0 Å². The van der Waals surface area contributed by atoms with Crippen molar-refractivity contribution in [1.82, 2.24) is 0 Å². The molecule has 0 saturated carbocycles. The van der Waals surface area contributed by atoms with Crippen molar-refractivity contribution in [2.24, 2.45) is 0 Å². The summed E-state index contributed by atoms with van der Waals surface area (Å²) in [6, 6.07) is 20.3. The van der Waals surface area contributed by atoms with Crippen molar-refractivity contribution in [2.45, 2.75) is 0 Å². The molecule has 3 rings (SSSR count). The maximum atomic E-state index is 13.3. The molecule has 30 heavy (non-hydrogen) atoms. The standard InChI is InChI=1S/C23H14BrFN2O3/c24-18-7-9-20(10-8-18)27-22(28)17(14-26)11-15-3-1-6-21(12-15)30-23(29)16-4-2-5-19(25)13-16/h1-13H,(H,27,28). The van der Waals surface area contributed by atoms with Crippen LogP contribution in [0.5, 0.6) is 5.75 Å². The zero-order chi connectivity index (χ0) is 21.5. The monoisotopic (exact) mass is 464 g/mol. The first kappa shape index (κ1) is 21.0. The molecule has 0 saturated heterocycles. The average molecular weight is 465 g/mol. The Labute approximate surface area is 180 Å². The number of nitriles is 1. The number of rotatable bonds is 5. The number of amides is 1. The molecule has 0 radical (unpaired) electrons. The highest BCUT2D eigenvalue weighted by Crippen LogP contribution is 2.19. The van der Waals surface area contributed by atoms with Gasteiger partial charge in [-0.2, -0.15) is 5.26 Å². The molecule has 0 aliphatic carbocycles. The summed E-state index contributed by atoms with van der Waals surface area (Å²) in [4.78, 5) is 24.5. The molecule has 148 valence electrons. The van der Waals surface area contributed by atoms with Gasteiger partial charge < -0.3 is 10.1 Å². The van der Waals surface area contributed by atoms with E-state index in [0.29, 0.717) is 11.3 Å². The number of carbonyl (C=O) groups excluding carboxylic acids is 2. The summed E-state index contributed by atoms with van der Waals surface area (Å²) in [6.45, 7) is 0. The first-order chi connectivity index (χ1) is 14.4. The van der Waals surface area contributed by atoms with E-state index in [2.05, 4.69) is 21.2 Å². The highest BCUT2D eigenvalue weighted by atomic mass is 79.9. The number of ether oxygens (including phenoxy) is 1. The van der Waals surface area contributed by atoms with E-state index in [1.165, 1.54) is 30.3 Å². The molecular weight excluding hydrogens is 451 g/mol. The van der Waals surface area contributed by atoms with Gasteiger partial charge in [-0.05, 0) is 66.2 Å². The second kappa shape index (κ2) is 9.63. The number of nitrogens with zero attached hydrogens (tertiary/aromatic N) is 1. The molecule has 0 aromatic heterocycles. The van der Waals surface area contributed by atoms with Gasteiger partial charge in [0, 0.05) is 10.2 Å². The number of anilines is 1. The van der Waals surface area contributed by atoms with Crippen molar-refractivity contribution in [3.8, 4) is 11.8 Å². The third kappa shape index (κ3) is 5.63. The van der Waals surface area contributed by atoms with Crippen LogP contribution >= 0.6 is 15.9 Å². The summed E-state index contributed by atoms with van der Waals surface area (Å²) in [7, 11) is 0. The van der Waals surface area contributed by atoms with Gasteiger partial charge in [-0.15, -0.1) is 0 Å². The molecule has 0 aliphatic rings. The Morgan fingerprint density at radius 3 is 2.47 bits per heavy atom. The molecule has 1 amide bonds. The van der Waals surface area contributed by atoms with Gasteiger partial charge in [0.25, 0.3) is 5.91 Å². The molecule has 1 N–H and O–H groups in total. The Bertz CT molecular complexity index is 1170. The third-order valence-electron chi connectivity index (χ3n) is 3.91. The lowest BCUT2D eigenvalue weighted by atomic mass is 10.1. The molecule has 0 spiro atoms. The molecule has 0 bridgehead atoms. The number of hydrogen-bond acceptors (Lipinski definition) is 4. The maximum Gasteiger partial charge on any atom is 0.343 e. The molecule has 5 nitrogen and oxygen atoms in total. The SMILES string of the molecule is N#CC(=Cc1cccc(OC(=O)c2cccc(F)c2)c1)C(=O)Nc1ccc(Br)cc1. The van der Waals surface area contributed by atoms with Gasteiger partial charge in [0.05, 0.1) is 5.56 Å². The smallest absolute Gasteiger partial charge is 0.343 e. The van der Waals surface area contributed by atoms with E-state index in [-0.39, 0.29) is 16.9 Å². The lowest BCUT2D eigenvalue weighted by molar-refractivity contribution is -0.112. The molecule has 0 heterocycles. The molecule has 0 unspecified atom stereocenters. The Hall–Kier alpha value is -3.76. The zero-order valence-corrected chi connectivity index (χ0v) is 17.0. The number of nitrogens with one attached hydrogen (secondary N) is 1. The minimum absolute atomic E-state index is 0.0718. The maximum absolute atomic E-state index is 13.3. The fourth-order valence-electron chi connectivity index (χ4n) is 2.50. The first-order valence-corrected chi connectivity index (χ1v) is 9.50. The highest BCUT2D eigenvalue weighted by Gasteiger charge is 2.12. The molecule has 3 aromatic carbocycles. The predicted octanol–water partition coefficient (Wildman–Crippen LogP) is 5.35.